The van der Waals surface area contributed by atoms with Crippen molar-refractivity contribution in [2.24, 2.45) is 0 Å². The molecule has 1 aromatic heterocycles. The van der Waals surface area contributed by atoms with Gasteiger partial charge in [-0.15, -0.1) is 5.10 Å². The molecule has 0 aliphatic heterocycles. The van der Waals surface area contributed by atoms with Gasteiger partial charge in [0.1, 0.15) is 17.9 Å². The molecule has 4 heteroatoms. The highest BCUT2D eigenvalue weighted by atomic mass is 16.5. The molecule has 1 heterocycles. The van der Waals surface area contributed by atoms with Crippen molar-refractivity contribution in [3.8, 4) is 5.75 Å². The molecule has 4 nitrogen and oxygen atoms in total. The maximum atomic E-state index is 5.75. The molecule has 3 aromatic rings. The van der Waals surface area contributed by atoms with E-state index in [-0.39, 0.29) is 0 Å². The van der Waals surface area contributed by atoms with Crippen molar-refractivity contribution in [2.45, 2.75) is 27.3 Å². The summed E-state index contributed by atoms with van der Waals surface area (Å²) in [6, 6.07) is 12.3. The summed E-state index contributed by atoms with van der Waals surface area (Å²) in [6.07, 6.45) is 0. The second-order valence-corrected chi connectivity index (χ2v) is 5.40. The second kappa shape index (κ2) is 5.56. The van der Waals surface area contributed by atoms with Crippen LogP contribution in [-0.4, -0.2) is 21.6 Å². The first-order valence-corrected chi connectivity index (χ1v) is 7.13. The van der Waals surface area contributed by atoms with Gasteiger partial charge in [-0.3, -0.25) is 0 Å². The van der Waals surface area contributed by atoms with Crippen LogP contribution in [0.3, 0.4) is 0 Å². The summed E-state index contributed by atoms with van der Waals surface area (Å²) in [7, 11) is 0. The molecular formula is C17H19N3O. The summed E-state index contributed by atoms with van der Waals surface area (Å²) in [4.78, 5) is 0. The van der Waals surface area contributed by atoms with Crippen molar-refractivity contribution in [2.75, 3.05) is 6.61 Å². The average Bonchev–Trinajstić information content (AvgIpc) is 2.84. The van der Waals surface area contributed by atoms with Crippen molar-refractivity contribution in [1.29, 1.82) is 0 Å². The Bertz CT molecular complexity index is 760. The molecule has 108 valence electrons. The first kappa shape index (κ1) is 13.6. The van der Waals surface area contributed by atoms with Crippen molar-refractivity contribution in [3.63, 3.8) is 0 Å². The van der Waals surface area contributed by atoms with Crippen LogP contribution in [0.25, 0.3) is 11.0 Å². The van der Waals surface area contributed by atoms with Gasteiger partial charge >= 0.3 is 0 Å². The molecule has 0 atom stereocenters. The van der Waals surface area contributed by atoms with E-state index in [0.717, 1.165) is 16.8 Å². The number of aryl methyl sites for hydroxylation is 3. The van der Waals surface area contributed by atoms with Crippen LogP contribution in [0.4, 0.5) is 0 Å². The summed E-state index contributed by atoms with van der Waals surface area (Å²) in [5.74, 6) is 0.886. The predicted molar refractivity (Wildman–Crippen MR) is 83.7 cm³/mol. The third-order valence-electron chi connectivity index (χ3n) is 3.72. The largest absolute Gasteiger partial charge is 0.492 e. The van der Waals surface area contributed by atoms with Crippen LogP contribution in [0, 0.1) is 20.8 Å². The number of ether oxygens (including phenoxy) is 1. The first-order chi connectivity index (χ1) is 10.1. The Kier molecular flexibility index (Phi) is 3.60. The van der Waals surface area contributed by atoms with Crippen molar-refractivity contribution in [1.82, 2.24) is 15.0 Å². The normalized spacial score (nSPS) is 11.0. The molecule has 0 N–H and O–H groups in total. The molecule has 2 aromatic carbocycles. The lowest BCUT2D eigenvalue weighted by atomic mass is 10.1. The second-order valence-electron chi connectivity index (χ2n) is 5.40. The van der Waals surface area contributed by atoms with Gasteiger partial charge in [0.2, 0.25) is 0 Å². The lowest BCUT2D eigenvalue weighted by Gasteiger charge is -2.07. The SMILES string of the molecule is Cc1ccc(OCCn2nnc3cc(C)c(C)cc32)cc1. The predicted octanol–water partition coefficient (Wildman–Crippen LogP) is 3.44. The van der Waals surface area contributed by atoms with Gasteiger partial charge in [0.15, 0.2) is 0 Å². The first-order valence-electron chi connectivity index (χ1n) is 7.13. The van der Waals surface area contributed by atoms with E-state index in [9.17, 15) is 0 Å². The zero-order valence-corrected chi connectivity index (χ0v) is 12.6. The molecule has 0 spiro atoms. The van der Waals surface area contributed by atoms with Gasteiger partial charge < -0.3 is 4.74 Å². The van der Waals surface area contributed by atoms with Crippen LogP contribution in [0.5, 0.6) is 5.75 Å². The Labute approximate surface area is 124 Å². The number of aromatic nitrogens is 3. The fourth-order valence-corrected chi connectivity index (χ4v) is 2.27. The average molecular weight is 281 g/mol. The number of hydrogen-bond donors (Lipinski definition) is 0. The number of fused-ring (bicyclic) bond motifs is 1. The number of rotatable bonds is 4. The summed E-state index contributed by atoms with van der Waals surface area (Å²) < 4.78 is 7.65. The van der Waals surface area contributed by atoms with Crippen LogP contribution in [0.2, 0.25) is 0 Å². The Balaban J connectivity index is 1.70. The Morgan fingerprint density at radius 3 is 2.48 bits per heavy atom. The molecule has 3 rings (SSSR count). The van der Waals surface area contributed by atoms with Gasteiger partial charge in [0, 0.05) is 0 Å². The molecular weight excluding hydrogens is 262 g/mol. The Hall–Kier alpha value is -2.36. The van der Waals surface area contributed by atoms with E-state index in [1.165, 1.54) is 16.7 Å². The molecule has 0 radical (unpaired) electrons. The van der Waals surface area contributed by atoms with Gasteiger partial charge in [-0.25, -0.2) is 4.68 Å². The quantitative estimate of drug-likeness (QED) is 0.735. The smallest absolute Gasteiger partial charge is 0.119 e. The minimum absolute atomic E-state index is 0.578. The highest BCUT2D eigenvalue weighted by molar-refractivity contribution is 5.76. The van der Waals surface area contributed by atoms with Crippen LogP contribution < -0.4 is 4.74 Å². The number of benzene rings is 2. The molecule has 0 fully saturated rings. The highest BCUT2D eigenvalue weighted by Gasteiger charge is 2.06. The maximum Gasteiger partial charge on any atom is 0.119 e. The van der Waals surface area contributed by atoms with Crippen molar-refractivity contribution in [3.05, 3.63) is 53.1 Å². The molecule has 0 bridgehead atoms. The topological polar surface area (TPSA) is 39.9 Å². The monoisotopic (exact) mass is 281 g/mol. The van der Waals surface area contributed by atoms with E-state index in [1.807, 2.05) is 28.9 Å². The van der Waals surface area contributed by atoms with E-state index in [2.05, 4.69) is 43.2 Å². The minimum atomic E-state index is 0.578. The standard InChI is InChI=1S/C17H19N3O/c1-12-4-6-15(7-5-12)21-9-8-20-17-11-14(3)13(2)10-16(17)18-19-20/h4-7,10-11H,8-9H2,1-3H3. The van der Waals surface area contributed by atoms with Crippen molar-refractivity contribution < 1.29 is 4.74 Å². The molecule has 0 saturated heterocycles. The van der Waals surface area contributed by atoms with E-state index >= 15 is 0 Å². The zero-order valence-electron chi connectivity index (χ0n) is 12.6. The molecule has 0 amide bonds. The molecule has 21 heavy (non-hydrogen) atoms. The van der Waals surface area contributed by atoms with Crippen LogP contribution >= 0.6 is 0 Å². The van der Waals surface area contributed by atoms with Crippen molar-refractivity contribution >= 4 is 11.0 Å². The van der Waals surface area contributed by atoms with Crippen LogP contribution in [0.1, 0.15) is 16.7 Å². The van der Waals surface area contributed by atoms with E-state index in [0.29, 0.717) is 13.2 Å². The van der Waals surface area contributed by atoms with E-state index in [1.54, 1.807) is 0 Å². The fourth-order valence-electron chi connectivity index (χ4n) is 2.27. The number of hydrogen-bond acceptors (Lipinski definition) is 3. The summed E-state index contributed by atoms with van der Waals surface area (Å²) >= 11 is 0. The zero-order chi connectivity index (χ0) is 14.8. The third-order valence-corrected chi connectivity index (χ3v) is 3.72. The number of nitrogens with zero attached hydrogens (tertiary/aromatic N) is 3. The van der Waals surface area contributed by atoms with E-state index in [4.69, 9.17) is 4.74 Å². The summed E-state index contributed by atoms with van der Waals surface area (Å²) in [5.41, 5.74) is 5.73. The van der Waals surface area contributed by atoms with Gasteiger partial charge in [0.25, 0.3) is 0 Å². The molecule has 0 saturated carbocycles. The fraction of sp³-hybridized carbons (Fsp3) is 0.294. The Morgan fingerprint density at radius 1 is 1.00 bits per heavy atom. The minimum Gasteiger partial charge on any atom is -0.492 e. The Morgan fingerprint density at radius 2 is 1.71 bits per heavy atom. The van der Waals surface area contributed by atoms with Gasteiger partial charge in [0.05, 0.1) is 12.1 Å². The lowest BCUT2D eigenvalue weighted by molar-refractivity contribution is 0.292. The molecule has 0 unspecified atom stereocenters. The maximum absolute atomic E-state index is 5.75. The third kappa shape index (κ3) is 2.89. The van der Waals surface area contributed by atoms with Gasteiger partial charge in [-0.1, -0.05) is 22.9 Å². The van der Waals surface area contributed by atoms with Gasteiger partial charge in [-0.05, 0) is 56.2 Å². The molecule has 0 aliphatic rings. The van der Waals surface area contributed by atoms with Crippen LogP contribution in [0.15, 0.2) is 36.4 Å². The van der Waals surface area contributed by atoms with Gasteiger partial charge in [-0.2, -0.15) is 0 Å². The van der Waals surface area contributed by atoms with Crippen LogP contribution in [-0.2, 0) is 6.54 Å². The van der Waals surface area contributed by atoms with E-state index < -0.39 is 0 Å². The lowest BCUT2D eigenvalue weighted by Crippen LogP contribution is -2.09. The molecule has 0 aliphatic carbocycles. The summed E-state index contributed by atoms with van der Waals surface area (Å²) in [5, 5.41) is 8.42. The summed E-state index contributed by atoms with van der Waals surface area (Å²) in [6.45, 7) is 7.53. The highest BCUT2D eigenvalue weighted by Crippen LogP contribution is 2.17.